The summed E-state index contributed by atoms with van der Waals surface area (Å²) in [5.41, 5.74) is -1.80. The Balaban J connectivity index is 1.71. The van der Waals surface area contributed by atoms with E-state index in [0.717, 1.165) is 17.7 Å². The molecule has 0 radical (unpaired) electrons. The topological polar surface area (TPSA) is 45.0 Å². The number of benzene rings is 1. The zero-order valence-electron chi connectivity index (χ0n) is 12.4. The number of halogens is 4. The van der Waals surface area contributed by atoms with E-state index in [0.29, 0.717) is 5.56 Å². The van der Waals surface area contributed by atoms with Crippen LogP contribution in [0.5, 0.6) is 0 Å². The first kappa shape index (κ1) is 15.9. The van der Waals surface area contributed by atoms with Gasteiger partial charge in [-0.3, -0.25) is 4.79 Å². The molecule has 8 heteroatoms. The number of hydrogen-bond acceptors (Lipinski definition) is 3. The minimum atomic E-state index is -4.56. The lowest BCUT2D eigenvalue weighted by Gasteiger charge is -2.22. The fraction of sp³-hybridized carbons (Fsp3) is 0.533. The fourth-order valence-electron chi connectivity index (χ4n) is 2.53. The molecule has 0 aromatic heterocycles. The van der Waals surface area contributed by atoms with E-state index in [9.17, 15) is 22.4 Å². The molecule has 1 aliphatic heterocycles. The number of alkyl halides is 3. The molecule has 23 heavy (non-hydrogen) atoms. The molecule has 0 unspecified atom stereocenters. The van der Waals surface area contributed by atoms with Crippen LogP contribution in [0.2, 0.25) is 0 Å². The molecular weight excluding hydrogens is 314 g/mol. The van der Waals surface area contributed by atoms with E-state index in [-0.39, 0.29) is 18.0 Å². The molecule has 2 aliphatic rings. The maximum Gasteiger partial charge on any atom is 0.437 e. The van der Waals surface area contributed by atoms with Crippen LogP contribution >= 0.6 is 0 Å². The van der Waals surface area contributed by atoms with E-state index in [1.54, 1.807) is 12.1 Å². The first-order valence-electron chi connectivity index (χ1n) is 7.30. The standard InChI is InChI=1S/C15H15F4N3O/c1-22(8-7-14(20-21-14)15(17,18)19)13(23)12-10(9-5-6-9)3-2-4-11(12)16/h2-4,9H,5-8H2,1H3. The normalized spacial score (nSPS) is 18.8. The third-order valence-electron chi connectivity index (χ3n) is 4.21. The largest absolute Gasteiger partial charge is 0.437 e. The molecule has 1 amide bonds. The van der Waals surface area contributed by atoms with Crippen LogP contribution in [0.25, 0.3) is 0 Å². The van der Waals surface area contributed by atoms with Gasteiger partial charge in [0.1, 0.15) is 5.82 Å². The predicted molar refractivity (Wildman–Crippen MR) is 73.6 cm³/mol. The monoisotopic (exact) mass is 329 g/mol. The first-order chi connectivity index (χ1) is 10.8. The van der Waals surface area contributed by atoms with Crippen LogP contribution in [0, 0.1) is 5.82 Å². The summed E-state index contributed by atoms with van der Waals surface area (Å²) in [7, 11) is 1.36. The van der Waals surface area contributed by atoms with Gasteiger partial charge in [0.2, 0.25) is 0 Å². The smallest absolute Gasteiger partial charge is 0.341 e. The molecule has 124 valence electrons. The molecule has 3 rings (SSSR count). The van der Waals surface area contributed by atoms with Gasteiger partial charge in [-0.15, -0.1) is 10.2 Å². The van der Waals surface area contributed by atoms with Crippen molar-refractivity contribution >= 4 is 5.91 Å². The van der Waals surface area contributed by atoms with Crippen molar-refractivity contribution in [1.29, 1.82) is 0 Å². The zero-order chi connectivity index (χ0) is 16.8. The van der Waals surface area contributed by atoms with Crippen LogP contribution in [0.4, 0.5) is 17.6 Å². The average molecular weight is 329 g/mol. The Kier molecular flexibility index (Phi) is 3.65. The Morgan fingerprint density at radius 1 is 1.35 bits per heavy atom. The number of hydrogen-bond donors (Lipinski definition) is 0. The number of rotatable bonds is 5. The van der Waals surface area contributed by atoms with Crippen molar-refractivity contribution in [2.45, 2.75) is 37.0 Å². The van der Waals surface area contributed by atoms with Crippen LogP contribution in [0.1, 0.15) is 41.1 Å². The lowest BCUT2D eigenvalue weighted by Crippen LogP contribution is -2.38. The van der Waals surface area contributed by atoms with E-state index >= 15 is 0 Å². The molecule has 1 fully saturated rings. The molecule has 0 atom stereocenters. The highest BCUT2D eigenvalue weighted by Gasteiger charge is 2.63. The summed E-state index contributed by atoms with van der Waals surface area (Å²) in [5.74, 6) is -1.09. The molecule has 0 saturated heterocycles. The lowest BCUT2D eigenvalue weighted by molar-refractivity contribution is -0.165. The van der Waals surface area contributed by atoms with Gasteiger partial charge in [-0.1, -0.05) is 12.1 Å². The molecule has 0 bridgehead atoms. The summed E-state index contributed by atoms with van der Waals surface area (Å²) in [5, 5.41) is 6.14. The summed E-state index contributed by atoms with van der Waals surface area (Å²) in [6.45, 7) is -0.205. The van der Waals surface area contributed by atoms with Gasteiger partial charge in [-0.2, -0.15) is 13.2 Å². The second-order valence-electron chi connectivity index (χ2n) is 5.97. The SMILES string of the molecule is CN(CCC1(C(F)(F)F)N=N1)C(=O)c1c(F)cccc1C1CC1. The van der Waals surface area contributed by atoms with Gasteiger partial charge in [0.05, 0.1) is 5.56 Å². The summed E-state index contributed by atoms with van der Waals surface area (Å²) in [6.07, 6.45) is -3.23. The Hall–Kier alpha value is -1.99. The van der Waals surface area contributed by atoms with Crippen molar-refractivity contribution < 1.29 is 22.4 Å². The van der Waals surface area contributed by atoms with E-state index in [2.05, 4.69) is 10.2 Å². The number of carbonyl (C=O) groups is 1. The van der Waals surface area contributed by atoms with Gasteiger partial charge in [0.15, 0.2) is 0 Å². The Morgan fingerprint density at radius 3 is 2.52 bits per heavy atom. The van der Waals surface area contributed by atoms with Crippen molar-refractivity contribution in [3.05, 3.63) is 35.1 Å². The Bertz CT molecular complexity index is 661. The van der Waals surface area contributed by atoms with Gasteiger partial charge < -0.3 is 4.90 Å². The van der Waals surface area contributed by atoms with Crippen LogP contribution in [0.15, 0.2) is 28.4 Å². The molecule has 1 aromatic rings. The van der Waals surface area contributed by atoms with Gasteiger partial charge >= 0.3 is 6.18 Å². The summed E-state index contributed by atoms with van der Waals surface area (Å²) < 4.78 is 52.3. The van der Waals surface area contributed by atoms with E-state index < -0.39 is 30.0 Å². The third-order valence-corrected chi connectivity index (χ3v) is 4.21. The Labute approximate surface area is 130 Å². The lowest BCUT2D eigenvalue weighted by atomic mass is 10.0. The fourth-order valence-corrected chi connectivity index (χ4v) is 2.53. The highest BCUT2D eigenvalue weighted by Crippen LogP contribution is 2.47. The van der Waals surface area contributed by atoms with Crippen molar-refractivity contribution in [2.24, 2.45) is 10.2 Å². The van der Waals surface area contributed by atoms with Gasteiger partial charge in [0, 0.05) is 20.0 Å². The molecule has 4 nitrogen and oxygen atoms in total. The second-order valence-corrected chi connectivity index (χ2v) is 5.97. The molecule has 0 spiro atoms. The van der Waals surface area contributed by atoms with E-state index in [4.69, 9.17) is 0 Å². The van der Waals surface area contributed by atoms with Crippen LogP contribution in [-0.4, -0.2) is 36.2 Å². The van der Waals surface area contributed by atoms with Crippen molar-refractivity contribution in [1.82, 2.24) is 4.90 Å². The van der Waals surface area contributed by atoms with Gasteiger partial charge in [-0.05, 0) is 30.4 Å². The minimum Gasteiger partial charge on any atom is -0.341 e. The Morgan fingerprint density at radius 2 is 2.00 bits per heavy atom. The number of carbonyl (C=O) groups excluding carboxylic acids is 1. The average Bonchev–Trinajstić information content (AvgIpc) is 3.37. The predicted octanol–water partition coefficient (Wildman–Crippen LogP) is 3.89. The van der Waals surface area contributed by atoms with Crippen LogP contribution in [-0.2, 0) is 0 Å². The van der Waals surface area contributed by atoms with Crippen molar-refractivity contribution in [3.63, 3.8) is 0 Å². The maximum absolute atomic E-state index is 14.1. The summed E-state index contributed by atoms with van der Waals surface area (Å²) in [6, 6.07) is 4.43. The number of amides is 1. The molecular formula is C15H15F4N3O. The van der Waals surface area contributed by atoms with Crippen LogP contribution < -0.4 is 0 Å². The van der Waals surface area contributed by atoms with Crippen molar-refractivity contribution in [2.75, 3.05) is 13.6 Å². The molecule has 1 aromatic carbocycles. The number of nitrogens with zero attached hydrogens (tertiary/aromatic N) is 3. The maximum atomic E-state index is 14.1. The van der Waals surface area contributed by atoms with Crippen molar-refractivity contribution in [3.8, 4) is 0 Å². The first-order valence-corrected chi connectivity index (χ1v) is 7.30. The second kappa shape index (κ2) is 5.28. The molecule has 0 N–H and O–H groups in total. The highest BCUT2D eigenvalue weighted by molar-refractivity contribution is 5.96. The highest BCUT2D eigenvalue weighted by atomic mass is 19.4. The summed E-state index contributed by atoms with van der Waals surface area (Å²) in [4.78, 5) is 13.5. The molecule has 1 aliphatic carbocycles. The zero-order valence-corrected chi connectivity index (χ0v) is 12.4. The summed E-state index contributed by atoms with van der Waals surface area (Å²) >= 11 is 0. The van der Waals surface area contributed by atoms with Gasteiger partial charge in [-0.25, -0.2) is 4.39 Å². The third kappa shape index (κ3) is 2.94. The molecule has 1 heterocycles. The minimum absolute atomic E-state index is 0.0387. The van der Waals surface area contributed by atoms with E-state index in [1.807, 2.05) is 0 Å². The quantitative estimate of drug-likeness (QED) is 0.756. The molecule has 1 saturated carbocycles. The van der Waals surface area contributed by atoms with E-state index in [1.165, 1.54) is 13.1 Å². The van der Waals surface area contributed by atoms with Crippen LogP contribution in [0.3, 0.4) is 0 Å². The van der Waals surface area contributed by atoms with Gasteiger partial charge in [0.25, 0.3) is 11.6 Å².